The second-order valence-electron chi connectivity index (χ2n) is 15.4. The number of esters is 2. The van der Waals surface area contributed by atoms with E-state index >= 15 is 0 Å². The van der Waals surface area contributed by atoms with Gasteiger partial charge in [0.05, 0.1) is 26.1 Å². The van der Waals surface area contributed by atoms with Gasteiger partial charge in [-0.3, -0.25) is 14.4 Å². The quantitative estimate of drug-likeness (QED) is 0.276. The molecule has 0 aromatic carbocycles. The van der Waals surface area contributed by atoms with Gasteiger partial charge in [-0.25, -0.2) is 0 Å². The smallest absolute Gasteiger partial charge is 0.311 e. The lowest BCUT2D eigenvalue weighted by Crippen LogP contribution is -2.62. The number of ether oxygens (including phenoxy) is 2. The average molecular weight is 529 g/mol. The highest BCUT2D eigenvalue weighted by Crippen LogP contribution is 2.74. The summed E-state index contributed by atoms with van der Waals surface area (Å²) >= 11 is 0. The first-order valence-electron chi connectivity index (χ1n) is 14.8. The maximum atomic E-state index is 13.3. The van der Waals surface area contributed by atoms with E-state index in [1.54, 1.807) is 0 Å². The average Bonchev–Trinajstić information content (AvgIpc) is 2.82. The highest BCUT2D eigenvalue weighted by atomic mass is 16.5. The van der Waals surface area contributed by atoms with Gasteiger partial charge in [0, 0.05) is 5.41 Å². The monoisotopic (exact) mass is 528 g/mol. The lowest BCUT2D eigenvalue weighted by atomic mass is 9.35. The Morgan fingerprint density at radius 1 is 0.895 bits per heavy atom. The van der Waals surface area contributed by atoms with Crippen molar-refractivity contribution in [2.75, 3.05) is 14.2 Å². The lowest BCUT2D eigenvalue weighted by molar-refractivity contribution is -0.179. The molecule has 4 rings (SSSR count). The highest BCUT2D eigenvalue weighted by Gasteiger charge is 2.67. The standard InChI is InChI=1S/C33H52O5/c1-21(34)33-16-13-23-30(6)14-11-22(29(4,5)27(36)38-10)32(8,20-26(35)37-9)24(30)12-15-31(23,7)25(33)19-28(2,3)17-18-33/h13,22,24-25H,11-12,14-20H2,1-10H3/t22?,24?,25?,30-,31+,32-,33-/m0/s1. The topological polar surface area (TPSA) is 69.7 Å². The molecule has 0 heterocycles. The molecule has 3 unspecified atom stereocenters. The van der Waals surface area contributed by atoms with Gasteiger partial charge in [0.25, 0.3) is 0 Å². The normalized spacial score (nSPS) is 42.1. The third kappa shape index (κ3) is 4.03. The molecule has 0 aromatic rings. The van der Waals surface area contributed by atoms with Crippen molar-refractivity contribution >= 4 is 17.7 Å². The first-order chi connectivity index (χ1) is 17.4. The van der Waals surface area contributed by atoms with Crippen molar-refractivity contribution in [1.82, 2.24) is 0 Å². The minimum atomic E-state index is -0.711. The third-order valence-corrected chi connectivity index (χ3v) is 12.6. The molecule has 3 fully saturated rings. The molecular weight excluding hydrogens is 476 g/mol. The van der Waals surface area contributed by atoms with Crippen LogP contribution in [0.4, 0.5) is 0 Å². The molecule has 4 aliphatic carbocycles. The molecule has 0 radical (unpaired) electrons. The number of carbonyl (C=O) groups is 3. The Bertz CT molecular complexity index is 1040. The molecule has 5 heteroatoms. The van der Waals surface area contributed by atoms with Gasteiger partial charge in [-0.15, -0.1) is 0 Å². The van der Waals surface area contributed by atoms with Crippen molar-refractivity contribution in [2.45, 2.75) is 113 Å². The fourth-order valence-electron chi connectivity index (χ4n) is 10.7. The number of allylic oxidation sites excluding steroid dienone is 2. The Balaban J connectivity index is 1.84. The molecule has 5 nitrogen and oxygen atoms in total. The summed E-state index contributed by atoms with van der Waals surface area (Å²) in [6, 6.07) is 0. The van der Waals surface area contributed by atoms with Crippen LogP contribution in [0.1, 0.15) is 113 Å². The summed E-state index contributed by atoms with van der Waals surface area (Å²) in [5.41, 5.74) is 0.238. The van der Waals surface area contributed by atoms with E-state index in [1.807, 2.05) is 20.8 Å². The van der Waals surface area contributed by atoms with Gasteiger partial charge in [0.2, 0.25) is 0 Å². The molecule has 0 aromatic heterocycles. The second kappa shape index (κ2) is 9.20. The van der Waals surface area contributed by atoms with Gasteiger partial charge in [-0.05, 0) is 112 Å². The zero-order valence-corrected chi connectivity index (χ0v) is 25.7. The Kier molecular flexibility index (Phi) is 7.10. The van der Waals surface area contributed by atoms with E-state index < -0.39 is 10.8 Å². The van der Waals surface area contributed by atoms with Crippen LogP contribution in [0.15, 0.2) is 11.6 Å². The summed E-state index contributed by atoms with van der Waals surface area (Å²) in [4.78, 5) is 39.3. The molecule has 0 N–H and O–H groups in total. The molecule has 0 saturated heterocycles. The van der Waals surface area contributed by atoms with E-state index in [0.29, 0.717) is 18.1 Å². The number of Topliss-reactive ketones (excluding diaryl/α,β-unsaturated/α-hetero) is 1. The number of rotatable bonds is 5. The SMILES string of the molecule is COC(=O)C[C@@]1(C)C(C(C)(C)C(=O)OC)CC[C@@]2(C)C3=CC[C@@]4(C(C)=O)CCC(C)(C)CC4[C@]3(C)CCC12. The molecule has 0 aliphatic heterocycles. The molecule has 38 heavy (non-hydrogen) atoms. The summed E-state index contributed by atoms with van der Waals surface area (Å²) in [5.74, 6) is 0.509. The number of fused-ring (bicyclic) bond motifs is 5. The summed E-state index contributed by atoms with van der Waals surface area (Å²) in [6.45, 7) is 17.7. The van der Waals surface area contributed by atoms with Crippen LogP contribution in [0.25, 0.3) is 0 Å². The molecule has 7 atom stereocenters. The van der Waals surface area contributed by atoms with Crippen LogP contribution < -0.4 is 0 Å². The van der Waals surface area contributed by atoms with Crippen molar-refractivity contribution in [3.63, 3.8) is 0 Å². The van der Waals surface area contributed by atoms with Crippen molar-refractivity contribution in [1.29, 1.82) is 0 Å². The minimum absolute atomic E-state index is 0.00176. The van der Waals surface area contributed by atoms with Crippen LogP contribution >= 0.6 is 0 Å². The van der Waals surface area contributed by atoms with E-state index in [1.165, 1.54) is 19.8 Å². The highest BCUT2D eigenvalue weighted by molar-refractivity contribution is 5.84. The molecule has 0 spiro atoms. The van der Waals surface area contributed by atoms with E-state index in [0.717, 1.165) is 51.4 Å². The van der Waals surface area contributed by atoms with Crippen LogP contribution in [-0.2, 0) is 23.9 Å². The third-order valence-electron chi connectivity index (χ3n) is 12.6. The Labute approximate surface area is 230 Å². The minimum Gasteiger partial charge on any atom is -0.469 e. The van der Waals surface area contributed by atoms with Gasteiger partial charge >= 0.3 is 11.9 Å². The Hall–Kier alpha value is -1.65. The first-order valence-corrected chi connectivity index (χ1v) is 14.8. The van der Waals surface area contributed by atoms with Crippen molar-refractivity contribution in [2.24, 2.45) is 50.2 Å². The van der Waals surface area contributed by atoms with Crippen LogP contribution in [0.5, 0.6) is 0 Å². The number of hydrogen-bond donors (Lipinski definition) is 0. The molecule has 214 valence electrons. The summed E-state index contributed by atoms with van der Waals surface area (Å²) in [7, 11) is 2.92. The molecule has 4 aliphatic rings. The van der Waals surface area contributed by atoms with Crippen LogP contribution in [0, 0.1) is 50.2 Å². The summed E-state index contributed by atoms with van der Waals surface area (Å²) in [6.07, 6.45) is 10.6. The van der Waals surface area contributed by atoms with Gasteiger partial charge in [-0.1, -0.05) is 46.3 Å². The van der Waals surface area contributed by atoms with Crippen LogP contribution in [0.3, 0.4) is 0 Å². The summed E-state index contributed by atoms with van der Waals surface area (Å²) in [5, 5.41) is 0. The second-order valence-corrected chi connectivity index (χ2v) is 15.4. The number of carbonyl (C=O) groups excluding carboxylic acids is 3. The zero-order chi connectivity index (χ0) is 28.5. The fraction of sp³-hybridized carbons (Fsp3) is 0.848. The van der Waals surface area contributed by atoms with Crippen molar-refractivity contribution < 1.29 is 23.9 Å². The van der Waals surface area contributed by atoms with Crippen LogP contribution in [0.2, 0.25) is 0 Å². The number of methoxy groups -OCH3 is 2. The zero-order valence-electron chi connectivity index (χ0n) is 25.7. The predicted molar refractivity (Wildman–Crippen MR) is 149 cm³/mol. The Morgan fingerprint density at radius 2 is 1.50 bits per heavy atom. The van der Waals surface area contributed by atoms with Gasteiger partial charge in [0.1, 0.15) is 5.78 Å². The largest absolute Gasteiger partial charge is 0.469 e. The van der Waals surface area contributed by atoms with E-state index in [-0.39, 0.29) is 45.4 Å². The maximum Gasteiger partial charge on any atom is 0.311 e. The lowest BCUT2D eigenvalue weighted by Gasteiger charge is -2.68. The van der Waals surface area contributed by atoms with Gasteiger partial charge < -0.3 is 9.47 Å². The van der Waals surface area contributed by atoms with Crippen molar-refractivity contribution in [3.8, 4) is 0 Å². The molecule has 3 saturated carbocycles. The van der Waals surface area contributed by atoms with Gasteiger partial charge in [-0.2, -0.15) is 0 Å². The summed E-state index contributed by atoms with van der Waals surface area (Å²) < 4.78 is 10.5. The first kappa shape index (κ1) is 29.3. The maximum absolute atomic E-state index is 13.3. The van der Waals surface area contributed by atoms with E-state index in [9.17, 15) is 14.4 Å². The van der Waals surface area contributed by atoms with Gasteiger partial charge in [0.15, 0.2) is 0 Å². The fourth-order valence-corrected chi connectivity index (χ4v) is 10.7. The van der Waals surface area contributed by atoms with Crippen molar-refractivity contribution in [3.05, 3.63) is 11.6 Å². The number of ketones is 1. The van der Waals surface area contributed by atoms with E-state index in [4.69, 9.17) is 9.47 Å². The Morgan fingerprint density at radius 3 is 2.08 bits per heavy atom. The van der Waals surface area contributed by atoms with Crippen LogP contribution in [-0.4, -0.2) is 31.9 Å². The number of hydrogen-bond acceptors (Lipinski definition) is 5. The predicted octanol–water partition coefficient (Wildman–Crippen LogP) is 7.32. The molecular formula is C33H52O5. The molecule has 0 amide bonds. The van der Waals surface area contributed by atoms with E-state index in [2.05, 4.69) is 40.7 Å². The molecule has 0 bridgehead atoms.